The Balaban J connectivity index is 1.74. The van der Waals surface area contributed by atoms with E-state index in [-0.39, 0.29) is 12.5 Å². The van der Waals surface area contributed by atoms with Crippen molar-refractivity contribution in [1.82, 2.24) is 0 Å². The van der Waals surface area contributed by atoms with Crippen molar-refractivity contribution in [3.8, 4) is 5.75 Å². The molecule has 1 N–H and O–H groups in total. The lowest BCUT2D eigenvalue weighted by molar-refractivity contribution is -0.118. The number of carbonyl (C=O) groups excluding carboxylic acids is 2. The van der Waals surface area contributed by atoms with E-state index < -0.39 is 5.97 Å². The predicted octanol–water partition coefficient (Wildman–Crippen LogP) is 2.98. The number of esters is 1. The summed E-state index contributed by atoms with van der Waals surface area (Å²) < 4.78 is 15.6. The fraction of sp³-hybridized carbons (Fsp3) is 0.300. The van der Waals surface area contributed by atoms with Gasteiger partial charge >= 0.3 is 5.97 Å². The van der Waals surface area contributed by atoms with Crippen LogP contribution < -0.4 is 15.0 Å². The summed E-state index contributed by atoms with van der Waals surface area (Å²) in [5, 5.41) is 3.42. The molecule has 1 heterocycles. The summed E-state index contributed by atoms with van der Waals surface area (Å²) in [4.78, 5) is 26.4. The Morgan fingerprint density at radius 2 is 1.86 bits per heavy atom. The van der Waals surface area contributed by atoms with Crippen LogP contribution in [0.1, 0.15) is 10.4 Å². The van der Waals surface area contributed by atoms with Gasteiger partial charge in [0.1, 0.15) is 5.75 Å². The lowest BCUT2D eigenvalue weighted by atomic mass is 10.1. The number of benzene rings is 2. The quantitative estimate of drug-likeness (QED) is 0.746. The van der Waals surface area contributed by atoms with Crippen molar-refractivity contribution in [2.24, 2.45) is 0 Å². The van der Waals surface area contributed by atoms with Crippen LogP contribution in [0.2, 0.25) is 5.02 Å². The minimum atomic E-state index is -0.471. The number of carbonyl (C=O) groups is 2. The van der Waals surface area contributed by atoms with E-state index in [9.17, 15) is 9.59 Å². The second-order valence-electron chi connectivity index (χ2n) is 6.11. The maximum Gasteiger partial charge on any atom is 0.337 e. The fourth-order valence-corrected chi connectivity index (χ4v) is 2.95. The van der Waals surface area contributed by atoms with E-state index in [1.54, 1.807) is 42.5 Å². The lowest BCUT2D eigenvalue weighted by Gasteiger charge is -2.30. The summed E-state index contributed by atoms with van der Waals surface area (Å²) in [6.07, 6.45) is 0. The molecule has 7 nitrogen and oxygen atoms in total. The molecular weight excluding hydrogens is 384 g/mol. The summed E-state index contributed by atoms with van der Waals surface area (Å²) in [5.41, 5.74) is 1.69. The molecule has 1 amide bonds. The highest BCUT2D eigenvalue weighted by Crippen LogP contribution is 2.28. The van der Waals surface area contributed by atoms with E-state index in [0.717, 1.165) is 5.69 Å². The lowest BCUT2D eigenvalue weighted by Crippen LogP contribution is -2.37. The highest BCUT2D eigenvalue weighted by atomic mass is 35.5. The molecule has 0 aliphatic carbocycles. The molecule has 8 heteroatoms. The third kappa shape index (κ3) is 5.15. The number of nitrogens with one attached hydrogen (secondary N) is 1. The van der Waals surface area contributed by atoms with Crippen molar-refractivity contribution in [3.05, 3.63) is 53.1 Å². The Morgan fingerprint density at radius 1 is 1.14 bits per heavy atom. The molecule has 148 valence electrons. The first kappa shape index (κ1) is 20.0. The largest absolute Gasteiger partial charge is 0.484 e. The van der Waals surface area contributed by atoms with Gasteiger partial charge < -0.3 is 24.4 Å². The summed E-state index contributed by atoms with van der Waals surface area (Å²) in [7, 11) is 1.32. The molecule has 1 aliphatic rings. The second kappa shape index (κ2) is 9.43. The maximum atomic E-state index is 12.4. The van der Waals surface area contributed by atoms with Gasteiger partial charge in [0.2, 0.25) is 0 Å². The molecule has 3 rings (SSSR count). The average Bonchev–Trinajstić information content (AvgIpc) is 2.73. The van der Waals surface area contributed by atoms with Gasteiger partial charge in [-0.2, -0.15) is 0 Å². The Kier molecular flexibility index (Phi) is 6.73. The Bertz CT molecular complexity index is 835. The molecule has 2 aromatic carbocycles. The van der Waals surface area contributed by atoms with Gasteiger partial charge in [-0.3, -0.25) is 4.79 Å². The SMILES string of the molecule is COC(=O)c1ccc(N2CCOCC2)c(NC(=O)COc2ccc(Cl)cc2)c1. The molecule has 0 atom stereocenters. The summed E-state index contributed by atoms with van der Waals surface area (Å²) >= 11 is 5.84. The summed E-state index contributed by atoms with van der Waals surface area (Å²) in [6, 6.07) is 11.8. The van der Waals surface area contributed by atoms with Crippen LogP contribution in [-0.4, -0.2) is 51.9 Å². The van der Waals surface area contributed by atoms with Crippen LogP contribution in [0.15, 0.2) is 42.5 Å². The molecule has 1 aliphatic heterocycles. The molecule has 2 aromatic rings. The number of nitrogens with zero attached hydrogens (tertiary/aromatic N) is 1. The number of amides is 1. The number of anilines is 2. The number of ether oxygens (including phenoxy) is 3. The zero-order valence-corrected chi connectivity index (χ0v) is 16.2. The van der Waals surface area contributed by atoms with Gasteiger partial charge in [-0.15, -0.1) is 0 Å². The molecule has 0 aromatic heterocycles. The first-order valence-corrected chi connectivity index (χ1v) is 9.18. The van der Waals surface area contributed by atoms with Crippen LogP contribution in [0.3, 0.4) is 0 Å². The zero-order valence-electron chi connectivity index (χ0n) is 15.4. The number of hydrogen-bond donors (Lipinski definition) is 1. The number of rotatable bonds is 6. The van der Waals surface area contributed by atoms with Crippen molar-refractivity contribution < 1.29 is 23.8 Å². The first-order valence-electron chi connectivity index (χ1n) is 8.80. The van der Waals surface area contributed by atoms with Crippen LogP contribution >= 0.6 is 11.6 Å². The Hall–Kier alpha value is -2.77. The Morgan fingerprint density at radius 3 is 2.54 bits per heavy atom. The van der Waals surface area contributed by atoms with E-state index in [0.29, 0.717) is 48.3 Å². The fourth-order valence-electron chi connectivity index (χ4n) is 2.83. The highest BCUT2D eigenvalue weighted by Gasteiger charge is 2.18. The molecule has 0 spiro atoms. The van der Waals surface area contributed by atoms with Crippen molar-refractivity contribution in [3.63, 3.8) is 0 Å². The zero-order chi connectivity index (χ0) is 19.9. The third-order valence-electron chi connectivity index (χ3n) is 4.23. The highest BCUT2D eigenvalue weighted by molar-refractivity contribution is 6.30. The van der Waals surface area contributed by atoms with E-state index in [1.807, 2.05) is 0 Å². The van der Waals surface area contributed by atoms with Crippen LogP contribution in [-0.2, 0) is 14.3 Å². The van der Waals surface area contributed by atoms with Gasteiger partial charge in [-0.05, 0) is 42.5 Å². The molecule has 0 radical (unpaired) electrons. The third-order valence-corrected chi connectivity index (χ3v) is 4.48. The molecule has 0 bridgehead atoms. The molecular formula is C20H21ClN2O5. The Labute approximate surface area is 168 Å². The second-order valence-corrected chi connectivity index (χ2v) is 6.55. The van der Waals surface area contributed by atoms with Crippen molar-refractivity contribution >= 4 is 34.9 Å². The van der Waals surface area contributed by atoms with Gasteiger partial charge in [-0.1, -0.05) is 11.6 Å². The summed E-state index contributed by atoms with van der Waals surface area (Å²) in [6.45, 7) is 2.42. The number of hydrogen-bond acceptors (Lipinski definition) is 6. The first-order chi connectivity index (χ1) is 13.6. The van der Waals surface area contributed by atoms with Crippen LogP contribution in [0, 0.1) is 0 Å². The van der Waals surface area contributed by atoms with Gasteiger partial charge in [0, 0.05) is 18.1 Å². The minimum absolute atomic E-state index is 0.174. The van der Waals surface area contributed by atoms with Crippen LogP contribution in [0.25, 0.3) is 0 Å². The van der Waals surface area contributed by atoms with E-state index in [2.05, 4.69) is 10.2 Å². The van der Waals surface area contributed by atoms with Crippen LogP contribution in [0.5, 0.6) is 5.75 Å². The number of halogens is 1. The van der Waals surface area contributed by atoms with Crippen LogP contribution in [0.4, 0.5) is 11.4 Å². The number of morpholine rings is 1. The van der Waals surface area contributed by atoms with Crippen molar-refractivity contribution in [2.45, 2.75) is 0 Å². The van der Waals surface area contributed by atoms with E-state index in [1.165, 1.54) is 7.11 Å². The van der Waals surface area contributed by atoms with Crippen molar-refractivity contribution in [2.75, 3.05) is 50.2 Å². The minimum Gasteiger partial charge on any atom is -0.484 e. The smallest absolute Gasteiger partial charge is 0.337 e. The van der Waals surface area contributed by atoms with Crippen molar-refractivity contribution in [1.29, 1.82) is 0 Å². The van der Waals surface area contributed by atoms with E-state index in [4.69, 9.17) is 25.8 Å². The van der Waals surface area contributed by atoms with Gasteiger partial charge in [0.25, 0.3) is 5.91 Å². The molecule has 1 fully saturated rings. The van der Waals surface area contributed by atoms with Gasteiger partial charge in [0.05, 0.1) is 37.3 Å². The molecule has 28 heavy (non-hydrogen) atoms. The monoisotopic (exact) mass is 404 g/mol. The average molecular weight is 405 g/mol. The molecule has 0 unspecified atom stereocenters. The predicted molar refractivity (Wildman–Crippen MR) is 106 cm³/mol. The number of methoxy groups -OCH3 is 1. The normalized spacial score (nSPS) is 13.7. The topological polar surface area (TPSA) is 77.1 Å². The van der Waals surface area contributed by atoms with E-state index >= 15 is 0 Å². The maximum absolute atomic E-state index is 12.4. The standard InChI is InChI=1S/C20H21ClN2O5/c1-26-20(25)14-2-7-18(23-8-10-27-11-9-23)17(12-14)22-19(24)13-28-16-5-3-15(21)4-6-16/h2-7,12H,8-11,13H2,1H3,(H,22,24). The van der Waals surface area contributed by atoms with Gasteiger partial charge in [0.15, 0.2) is 6.61 Å². The van der Waals surface area contributed by atoms with Gasteiger partial charge in [-0.25, -0.2) is 4.79 Å². The summed E-state index contributed by atoms with van der Waals surface area (Å²) in [5.74, 6) is -0.274. The molecule has 1 saturated heterocycles. The molecule has 0 saturated carbocycles.